The lowest BCUT2D eigenvalue weighted by Crippen LogP contribution is -2.39. The second kappa shape index (κ2) is 7.75. The van der Waals surface area contributed by atoms with Gasteiger partial charge in [0.25, 0.3) is 0 Å². The molecule has 2 rings (SSSR count). The van der Waals surface area contributed by atoms with Gasteiger partial charge < -0.3 is 15.0 Å². The molecule has 21 heavy (non-hydrogen) atoms. The van der Waals surface area contributed by atoms with E-state index in [-0.39, 0.29) is 5.82 Å². The van der Waals surface area contributed by atoms with Gasteiger partial charge in [0.05, 0.1) is 6.61 Å². The Hall–Kier alpha value is -1.14. The molecule has 1 aliphatic heterocycles. The summed E-state index contributed by atoms with van der Waals surface area (Å²) >= 11 is 3.44. The van der Waals surface area contributed by atoms with Gasteiger partial charge in [0.2, 0.25) is 0 Å². The maximum atomic E-state index is 13.3. The van der Waals surface area contributed by atoms with Crippen LogP contribution in [0.5, 0.6) is 0 Å². The van der Waals surface area contributed by atoms with Gasteiger partial charge in [0.15, 0.2) is 5.96 Å². The van der Waals surface area contributed by atoms with E-state index in [1.165, 1.54) is 12.1 Å². The molecule has 0 bridgehead atoms. The molecule has 1 unspecified atom stereocenters. The van der Waals surface area contributed by atoms with Crippen LogP contribution in [0.15, 0.2) is 27.7 Å². The minimum Gasteiger partial charge on any atom is -0.384 e. The Morgan fingerprint density at radius 3 is 3.10 bits per heavy atom. The first-order chi connectivity index (χ1) is 10.1. The van der Waals surface area contributed by atoms with Crippen LogP contribution in [0, 0.1) is 11.7 Å². The third-order valence-corrected chi connectivity index (χ3v) is 4.42. The van der Waals surface area contributed by atoms with Gasteiger partial charge in [-0.25, -0.2) is 4.39 Å². The van der Waals surface area contributed by atoms with Crippen molar-refractivity contribution in [1.82, 2.24) is 10.2 Å². The van der Waals surface area contributed by atoms with Crippen LogP contribution in [0.4, 0.5) is 4.39 Å². The molecule has 0 radical (unpaired) electrons. The zero-order chi connectivity index (χ0) is 15.2. The van der Waals surface area contributed by atoms with Crippen LogP contribution in [0.25, 0.3) is 0 Å². The van der Waals surface area contributed by atoms with Crippen molar-refractivity contribution < 1.29 is 9.13 Å². The van der Waals surface area contributed by atoms with Crippen molar-refractivity contribution >= 4 is 21.9 Å². The van der Waals surface area contributed by atoms with Crippen molar-refractivity contribution in [1.29, 1.82) is 0 Å². The van der Waals surface area contributed by atoms with E-state index < -0.39 is 0 Å². The number of hydrogen-bond donors (Lipinski definition) is 1. The summed E-state index contributed by atoms with van der Waals surface area (Å²) in [6.45, 7) is 3.23. The monoisotopic (exact) mass is 357 g/mol. The third kappa shape index (κ3) is 4.41. The summed E-state index contributed by atoms with van der Waals surface area (Å²) in [6, 6.07) is 4.69. The molecule has 0 saturated carbocycles. The van der Waals surface area contributed by atoms with Crippen molar-refractivity contribution in [3.05, 3.63) is 34.1 Å². The number of ether oxygens (including phenoxy) is 1. The molecule has 0 aromatic heterocycles. The van der Waals surface area contributed by atoms with Gasteiger partial charge in [0, 0.05) is 44.2 Å². The number of aliphatic imine (C=N–C) groups is 1. The molecule has 1 saturated heterocycles. The fourth-order valence-electron chi connectivity index (χ4n) is 2.58. The van der Waals surface area contributed by atoms with Crippen LogP contribution in [0.1, 0.15) is 12.0 Å². The molecule has 4 nitrogen and oxygen atoms in total. The quantitative estimate of drug-likeness (QED) is 0.664. The van der Waals surface area contributed by atoms with Gasteiger partial charge in [-0.2, -0.15) is 0 Å². The molecule has 1 N–H and O–H groups in total. The summed E-state index contributed by atoms with van der Waals surface area (Å²) in [7, 11) is 3.50. The van der Waals surface area contributed by atoms with Crippen molar-refractivity contribution in [2.24, 2.45) is 10.9 Å². The Bertz CT molecular complexity index is 510. The maximum Gasteiger partial charge on any atom is 0.193 e. The van der Waals surface area contributed by atoms with E-state index in [0.717, 1.165) is 42.1 Å². The number of guanidine groups is 1. The normalized spacial score (nSPS) is 19.1. The molecule has 116 valence electrons. The first kappa shape index (κ1) is 16.2. The number of halogens is 2. The molecule has 0 spiro atoms. The van der Waals surface area contributed by atoms with Crippen LogP contribution < -0.4 is 5.32 Å². The molecule has 1 aromatic rings. The standard InChI is InChI=1S/C15H21BrFN3O/c1-18-15(20-6-5-11(9-20)10-21-2)19-8-12-7-13(17)3-4-14(12)16/h3-4,7,11H,5-6,8-10H2,1-2H3,(H,18,19). The summed E-state index contributed by atoms with van der Waals surface area (Å²) < 4.78 is 19.4. The number of rotatable bonds is 4. The largest absolute Gasteiger partial charge is 0.384 e. The van der Waals surface area contributed by atoms with Crippen molar-refractivity contribution in [2.75, 3.05) is 33.9 Å². The average Bonchev–Trinajstić information content (AvgIpc) is 2.92. The highest BCUT2D eigenvalue weighted by atomic mass is 79.9. The van der Waals surface area contributed by atoms with Gasteiger partial charge in [-0.3, -0.25) is 4.99 Å². The summed E-state index contributed by atoms with van der Waals surface area (Å²) in [5.41, 5.74) is 0.879. The summed E-state index contributed by atoms with van der Waals surface area (Å²) in [5.74, 6) is 1.17. The van der Waals surface area contributed by atoms with E-state index in [0.29, 0.717) is 12.5 Å². The summed E-state index contributed by atoms with van der Waals surface area (Å²) in [5, 5.41) is 3.30. The molecular weight excluding hydrogens is 337 g/mol. The van der Waals surface area contributed by atoms with Gasteiger partial charge in [-0.1, -0.05) is 15.9 Å². The van der Waals surface area contributed by atoms with Crippen LogP contribution in [-0.4, -0.2) is 44.7 Å². The van der Waals surface area contributed by atoms with E-state index in [1.54, 1.807) is 20.2 Å². The van der Waals surface area contributed by atoms with Crippen molar-refractivity contribution in [3.8, 4) is 0 Å². The van der Waals surface area contributed by atoms with Crippen molar-refractivity contribution in [3.63, 3.8) is 0 Å². The highest BCUT2D eigenvalue weighted by molar-refractivity contribution is 9.10. The third-order valence-electron chi connectivity index (χ3n) is 3.64. The van der Waals surface area contributed by atoms with Crippen LogP contribution in [-0.2, 0) is 11.3 Å². The fourth-order valence-corrected chi connectivity index (χ4v) is 2.97. The molecule has 1 fully saturated rings. The van der Waals surface area contributed by atoms with Crippen LogP contribution >= 0.6 is 15.9 Å². The lowest BCUT2D eigenvalue weighted by molar-refractivity contribution is 0.157. The predicted molar refractivity (Wildman–Crippen MR) is 85.9 cm³/mol. The lowest BCUT2D eigenvalue weighted by Gasteiger charge is -2.22. The Kier molecular flexibility index (Phi) is 5.99. The molecule has 0 aliphatic carbocycles. The Labute approximate surface area is 133 Å². The van der Waals surface area contributed by atoms with Gasteiger partial charge in [-0.15, -0.1) is 0 Å². The highest BCUT2D eigenvalue weighted by Gasteiger charge is 2.24. The highest BCUT2D eigenvalue weighted by Crippen LogP contribution is 2.19. The molecule has 1 aromatic carbocycles. The minimum atomic E-state index is -0.230. The molecule has 1 atom stereocenters. The van der Waals surface area contributed by atoms with E-state index in [9.17, 15) is 4.39 Å². The van der Waals surface area contributed by atoms with Crippen LogP contribution in [0.3, 0.4) is 0 Å². The Morgan fingerprint density at radius 1 is 1.57 bits per heavy atom. The number of likely N-dealkylation sites (tertiary alicyclic amines) is 1. The number of hydrogen-bond acceptors (Lipinski definition) is 2. The topological polar surface area (TPSA) is 36.9 Å². The van der Waals surface area contributed by atoms with E-state index in [4.69, 9.17) is 4.74 Å². The van der Waals surface area contributed by atoms with Gasteiger partial charge in [-0.05, 0) is 30.2 Å². The first-order valence-electron chi connectivity index (χ1n) is 7.02. The fraction of sp³-hybridized carbons (Fsp3) is 0.533. The number of methoxy groups -OCH3 is 1. The van der Waals surface area contributed by atoms with Gasteiger partial charge in [0.1, 0.15) is 5.82 Å². The second-order valence-corrected chi connectivity index (χ2v) is 6.05. The maximum absolute atomic E-state index is 13.3. The molecular formula is C15H21BrFN3O. The van der Waals surface area contributed by atoms with E-state index in [2.05, 4.69) is 31.1 Å². The van der Waals surface area contributed by atoms with E-state index in [1.807, 2.05) is 0 Å². The first-order valence-corrected chi connectivity index (χ1v) is 7.81. The molecule has 0 amide bonds. The average molecular weight is 358 g/mol. The second-order valence-electron chi connectivity index (χ2n) is 5.19. The van der Waals surface area contributed by atoms with E-state index >= 15 is 0 Å². The number of nitrogens with one attached hydrogen (secondary N) is 1. The minimum absolute atomic E-state index is 0.230. The smallest absolute Gasteiger partial charge is 0.193 e. The number of nitrogens with zero attached hydrogens (tertiary/aromatic N) is 2. The Morgan fingerprint density at radius 2 is 2.38 bits per heavy atom. The number of benzene rings is 1. The summed E-state index contributed by atoms with van der Waals surface area (Å²) in [4.78, 5) is 6.53. The zero-order valence-electron chi connectivity index (χ0n) is 12.4. The van der Waals surface area contributed by atoms with Crippen molar-refractivity contribution in [2.45, 2.75) is 13.0 Å². The molecule has 1 aliphatic rings. The summed E-state index contributed by atoms with van der Waals surface area (Å²) in [6.07, 6.45) is 1.11. The van der Waals surface area contributed by atoms with Crippen LogP contribution in [0.2, 0.25) is 0 Å². The Balaban J connectivity index is 1.93. The SMILES string of the molecule is CN=C(NCc1cc(F)ccc1Br)N1CCC(COC)C1. The molecule has 1 heterocycles. The zero-order valence-corrected chi connectivity index (χ0v) is 14.0. The lowest BCUT2D eigenvalue weighted by atomic mass is 10.1. The molecule has 6 heteroatoms. The van der Waals surface area contributed by atoms with Gasteiger partial charge >= 0.3 is 0 Å². The predicted octanol–water partition coefficient (Wildman–Crippen LogP) is 2.63.